The van der Waals surface area contributed by atoms with Gasteiger partial charge >= 0.3 is 5.97 Å². The Morgan fingerprint density at radius 3 is 2.68 bits per heavy atom. The number of methoxy groups -OCH3 is 1. The van der Waals surface area contributed by atoms with Crippen molar-refractivity contribution in [2.75, 3.05) is 13.7 Å². The summed E-state index contributed by atoms with van der Waals surface area (Å²) in [6.07, 6.45) is 3.63. The minimum absolute atomic E-state index is 0.143. The van der Waals surface area contributed by atoms with Gasteiger partial charge < -0.3 is 14.2 Å². The van der Waals surface area contributed by atoms with Crippen LogP contribution in [-0.2, 0) is 9.53 Å². The molecule has 0 N–H and O–H groups in total. The minimum atomic E-state index is -0.553. The fourth-order valence-electron chi connectivity index (χ4n) is 2.56. The molecule has 146 valence electrons. The summed E-state index contributed by atoms with van der Waals surface area (Å²) in [5.74, 6) is 0.832. The Balaban J connectivity index is 1.86. The van der Waals surface area contributed by atoms with Crippen LogP contribution >= 0.6 is 23.2 Å². The summed E-state index contributed by atoms with van der Waals surface area (Å²) in [5.41, 5.74) is 1.40. The summed E-state index contributed by atoms with van der Waals surface area (Å²) >= 11 is 12.1. The van der Waals surface area contributed by atoms with E-state index in [4.69, 9.17) is 37.4 Å². The number of hydrogen-bond donors (Lipinski definition) is 0. The number of carbonyl (C=O) groups is 1. The summed E-state index contributed by atoms with van der Waals surface area (Å²) in [4.78, 5) is 16.5. The summed E-state index contributed by atoms with van der Waals surface area (Å²) in [5, 5.41) is 0.846. The van der Waals surface area contributed by atoms with Gasteiger partial charge in [-0.3, -0.25) is 0 Å². The Bertz CT molecular complexity index is 953. The van der Waals surface area contributed by atoms with Crippen molar-refractivity contribution in [2.24, 2.45) is 4.99 Å². The number of esters is 1. The Kier molecular flexibility index (Phi) is 6.60. The van der Waals surface area contributed by atoms with Crippen molar-refractivity contribution in [2.45, 2.75) is 19.8 Å². The van der Waals surface area contributed by atoms with E-state index in [9.17, 15) is 4.79 Å². The Morgan fingerprint density at radius 1 is 1.14 bits per heavy atom. The summed E-state index contributed by atoms with van der Waals surface area (Å²) in [6, 6.07) is 10.3. The van der Waals surface area contributed by atoms with E-state index in [2.05, 4.69) is 11.9 Å². The normalized spacial score (nSPS) is 14.8. The number of ether oxygens (including phenoxy) is 3. The van der Waals surface area contributed by atoms with Crippen LogP contribution in [-0.4, -0.2) is 25.6 Å². The molecule has 0 saturated carbocycles. The second-order valence-corrected chi connectivity index (χ2v) is 6.92. The van der Waals surface area contributed by atoms with E-state index in [1.807, 2.05) is 12.1 Å². The van der Waals surface area contributed by atoms with E-state index in [1.165, 1.54) is 0 Å². The van der Waals surface area contributed by atoms with E-state index in [-0.39, 0.29) is 11.6 Å². The smallest absolute Gasteiger partial charge is 0.363 e. The molecule has 0 saturated heterocycles. The van der Waals surface area contributed by atoms with E-state index >= 15 is 0 Å². The van der Waals surface area contributed by atoms with Crippen LogP contribution in [0.5, 0.6) is 11.5 Å². The lowest BCUT2D eigenvalue weighted by molar-refractivity contribution is -0.129. The molecule has 2 aromatic rings. The first kappa shape index (κ1) is 20.2. The molecule has 7 heteroatoms. The Labute approximate surface area is 173 Å². The average molecular weight is 420 g/mol. The first-order valence-corrected chi connectivity index (χ1v) is 9.56. The molecule has 1 heterocycles. The van der Waals surface area contributed by atoms with E-state index in [1.54, 1.807) is 37.5 Å². The lowest BCUT2D eigenvalue weighted by Crippen LogP contribution is -2.05. The molecule has 1 aliphatic rings. The maximum Gasteiger partial charge on any atom is 0.363 e. The van der Waals surface area contributed by atoms with E-state index in [0.717, 1.165) is 18.4 Å². The van der Waals surface area contributed by atoms with Gasteiger partial charge in [-0.05, 0) is 48.4 Å². The van der Waals surface area contributed by atoms with Crippen molar-refractivity contribution in [1.29, 1.82) is 0 Å². The van der Waals surface area contributed by atoms with Crippen LogP contribution in [0, 0.1) is 0 Å². The van der Waals surface area contributed by atoms with Crippen LogP contribution in [0.15, 0.2) is 47.1 Å². The molecule has 2 aromatic carbocycles. The van der Waals surface area contributed by atoms with Gasteiger partial charge in [0, 0.05) is 5.02 Å². The molecule has 0 spiro atoms. The standard InChI is InChI=1S/C21H19Cl2NO4/c1-3-4-9-27-18-8-5-13(11-19(18)26-2)10-17-21(25)28-20(24-17)15-7-6-14(22)12-16(15)23/h5-8,10-12H,3-4,9H2,1-2H3/b17-10-. The average Bonchev–Trinajstić information content (AvgIpc) is 3.03. The van der Waals surface area contributed by atoms with Gasteiger partial charge in [-0.2, -0.15) is 0 Å². The Morgan fingerprint density at radius 2 is 1.96 bits per heavy atom. The summed E-state index contributed by atoms with van der Waals surface area (Å²) < 4.78 is 16.4. The fourth-order valence-corrected chi connectivity index (χ4v) is 3.05. The molecule has 0 amide bonds. The molecule has 0 fully saturated rings. The SMILES string of the molecule is CCCCOc1ccc(/C=C2\N=C(c3ccc(Cl)cc3Cl)OC2=O)cc1OC. The number of rotatable bonds is 7. The highest BCUT2D eigenvalue weighted by Gasteiger charge is 2.25. The zero-order chi connectivity index (χ0) is 20.1. The zero-order valence-corrected chi connectivity index (χ0v) is 17.0. The first-order valence-electron chi connectivity index (χ1n) is 8.80. The molecule has 0 unspecified atom stereocenters. The molecular formula is C21H19Cl2NO4. The highest BCUT2D eigenvalue weighted by Crippen LogP contribution is 2.30. The molecule has 0 aromatic heterocycles. The fraction of sp³-hybridized carbons (Fsp3) is 0.238. The van der Waals surface area contributed by atoms with E-state index < -0.39 is 5.97 Å². The van der Waals surface area contributed by atoms with E-state index in [0.29, 0.717) is 33.7 Å². The second kappa shape index (κ2) is 9.13. The third-order valence-corrected chi connectivity index (χ3v) is 4.58. The van der Waals surface area contributed by atoms with Gasteiger partial charge in [-0.1, -0.05) is 42.6 Å². The molecule has 0 radical (unpaired) electrons. The molecule has 1 aliphatic heterocycles. The number of nitrogens with zero attached hydrogens (tertiary/aromatic N) is 1. The number of benzene rings is 2. The molecule has 0 bridgehead atoms. The highest BCUT2D eigenvalue weighted by atomic mass is 35.5. The van der Waals surface area contributed by atoms with Crippen molar-refractivity contribution < 1.29 is 19.0 Å². The van der Waals surface area contributed by atoms with Gasteiger partial charge in [0.05, 0.1) is 24.3 Å². The van der Waals surface area contributed by atoms with Crippen molar-refractivity contribution in [1.82, 2.24) is 0 Å². The van der Waals surface area contributed by atoms with Gasteiger partial charge in [0.1, 0.15) is 0 Å². The van der Waals surface area contributed by atoms with Gasteiger partial charge in [-0.25, -0.2) is 9.79 Å². The van der Waals surface area contributed by atoms with Crippen LogP contribution in [0.4, 0.5) is 0 Å². The third kappa shape index (κ3) is 4.66. The molecule has 0 atom stereocenters. The molecule has 5 nitrogen and oxygen atoms in total. The molecule has 3 rings (SSSR count). The van der Waals surface area contributed by atoms with Gasteiger partial charge in [-0.15, -0.1) is 0 Å². The highest BCUT2D eigenvalue weighted by molar-refractivity contribution is 6.37. The maximum absolute atomic E-state index is 12.2. The van der Waals surface area contributed by atoms with Gasteiger partial charge in [0.25, 0.3) is 0 Å². The van der Waals surface area contributed by atoms with Crippen molar-refractivity contribution in [3.8, 4) is 11.5 Å². The zero-order valence-electron chi connectivity index (χ0n) is 15.5. The minimum Gasteiger partial charge on any atom is -0.493 e. The quantitative estimate of drug-likeness (QED) is 0.336. The lowest BCUT2D eigenvalue weighted by Gasteiger charge is -2.10. The van der Waals surface area contributed by atoms with Crippen LogP contribution < -0.4 is 9.47 Å². The summed E-state index contributed by atoms with van der Waals surface area (Å²) in [7, 11) is 1.57. The van der Waals surface area contributed by atoms with Crippen LogP contribution in [0.1, 0.15) is 30.9 Å². The Hall–Kier alpha value is -2.50. The molecule has 0 aliphatic carbocycles. The molecule has 28 heavy (non-hydrogen) atoms. The number of hydrogen-bond acceptors (Lipinski definition) is 5. The number of carbonyl (C=O) groups excluding carboxylic acids is 1. The predicted molar refractivity (Wildman–Crippen MR) is 110 cm³/mol. The number of halogens is 2. The lowest BCUT2D eigenvalue weighted by atomic mass is 10.1. The third-order valence-electron chi connectivity index (χ3n) is 4.03. The largest absolute Gasteiger partial charge is 0.493 e. The van der Waals surface area contributed by atoms with Gasteiger partial charge in [0.2, 0.25) is 5.90 Å². The maximum atomic E-state index is 12.2. The van der Waals surface area contributed by atoms with Crippen molar-refractivity contribution in [3.05, 3.63) is 63.3 Å². The topological polar surface area (TPSA) is 57.1 Å². The number of aliphatic imine (C=N–C) groups is 1. The predicted octanol–water partition coefficient (Wildman–Crippen LogP) is 5.53. The van der Waals surface area contributed by atoms with Crippen LogP contribution in [0.3, 0.4) is 0 Å². The first-order chi connectivity index (χ1) is 13.5. The number of cyclic esters (lactones) is 1. The number of unbranched alkanes of at least 4 members (excludes halogenated alkanes) is 1. The molecular weight excluding hydrogens is 401 g/mol. The van der Waals surface area contributed by atoms with Gasteiger partial charge in [0.15, 0.2) is 17.2 Å². The van der Waals surface area contributed by atoms with Crippen LogP contribution in [0.25, 0.3) is 6.08 Å². The van der Waals surface area contributed by atoms with Crippen LogP contribution in [0.2, 0.25) is 10.0 Å². The van der Waals surface area contributed by atoms with Crippen molar-refractivity contribution >= 4 is 41.1 Å². The second-order valence-electron chi connectivity index (χ2n) is 6.07. The monoisotopic (exact) mass is 419 g/mol. The van der Waals surface area contributed by atoms with Crippen molar-refractivity contribution in [3.63, 3.8) is 0 Å². The summed E-state index contributed by atoms with van der Waals surface area (Å²) in [6.45, 7) is 2.72.